The third kappa shape index (κ3) is 4.63. The number of ether oxygens (including phenoxy) is 1. The zero-order valence-electron chi connectivity index (χ0n) is 12.4. The van der Waals surface area contributed by atoms with E-state index in [4.69, 9.17) is 27.9 Å². The van der Waals surface area contributed by atoms with Gasteiger partial charge in [0.15, 0.2) is 0 Å². The molecule has 0 amide bonds. The van der Waals surface area contributed by atoms with Crippen molar-refractivity contribution in [1.29, 1.82) is 0 Å². The van der Waals surface area contributed by atoms with Crippen LogP contribution >= 0.6 is 23.2 Å². The predicted octanol–water partition coefficient (Wildman–Crippen LogP) is 5.59. The molecular weight excluding hydrogens is 305 g/mol. The van der Waals surface area contributed by atoms with Crippen molar-refractivity contribution < 1.29 is 4.74 Å². The van der Waals surface area contributed by atoms with Gasteiger partial charge in [0, 0.05) is 23.7 Å². The molecule has 112 valence electrons. The summed E-state index contributed by atoms with van der Waals surface area (Å²) in [6, 6.07) is 11.8. The maximum Gasteiger partial charge on any atom is 0.147 e. The van der Waals surface area contributed by atoms with E-state index in [0.717, 1.165) is 17.9 Å². The maximum absolute atomic E-state index is 6.14. The Labute approximate surface area is 136 Å². The van der Waals surface area contributed by atoms with E-state index in [1.54, 1.807) is 18.2 Å². The van der Waals surface area contributed by atoms with Crippen LogP contribution in [0, 0.1) is 6.92 Å². The first-order chi connectivity index (χ1) is 9.95. The van der Waals surface area contributed by atoms with Gasteiger partial charge in [-0.25, -0.2) is 0 Å². The third-order valence-electron chi connectivity index (χ3n) is 3.08. The summed E-state index contributed by atoms with van der Waals surface area (Å²) in [4.78, 5) is 0. The molecule has 0 aliphatic rings. The molecule has 2 nitrogen and oxygen atoms in total. The molecule has 0 saturated heterocycles. The summed E-state index contributed by atoms with van der Waals surface area (Å²) in [5, 5.41) is 4.54. The Morgan fingerprint density at radius 3 is 2.52 bits per heavy atom. The lowest BCUT2D eigenvalue weighted by Gasteiger charge is -2.13. The standard InChI is InChI=1S/C17H19Cl2NO/c1-11(2)20-10-13-5-4-12(3)16(8-13)21-17-9-14(18)6-7-15(17)19/h4-9,11,20H,10H2,1-3H3. The molecule has 1 N–H and O–H groups in total. The van der Waals surface area contributed by atoms with Crippen LogP contribution in [0.1, 0.15) is 25.0 Å². The first-order valence-corrected chi connectivity index (χ1v) is 7.67. The lowest BCUT2D eigenvalue weighted by atomic mass is 10.1. The van der Waals surface area contributed by atoms with E-state index in [1.807, 2.05) is 19.1 Å². The molecule has 0 spiro atoms. The van der Waals surface area contributed by atoms with Crippen molar-refractivity contribution in [3.63, 3.8) is 0 Å². The lowest BCUT2D eigenvalue weighted by molar-refractivity contribution is 0.477. The fraction of sp³-hybridized carbons (Fsp3) is 0.294. The van der Waals surface area contributed by atoms with Crippen LogP contribution in [0.2, 0.25) is 10.0 Å². The minimum absolute atomic E-state index is 0.443. The van der Waals surface area contributed by atoms with Crippen LogP contribution in [-0.2, 0) is 6.54 Å². The van der Waals surface area contributed by atoms with Gasteiger partial charge >= 0.3 is 0 Å². The molecule has 0 fully saturated rings. The molecule has 2 aromatic carbocycles. The third-order valence-corrected chi connectivity index (χ3v) is 3.63. The smallest absolute Gasteiger partial charge is 0.147 e. The highest BCUT2D eigenvalue weighted by atomic mass is 35.5. The summed E-state index contributed by atoms with van der Waals surface area (Å²) in [5.74, 6) is 1.36. The van der Waals surface area contributed by atoms with Gasteiger partial charge in [-0.1, -0.05) is 49.2 Å². The summed E-state index contributed by atoms with van der Waals surface area (Å²) in [6.07, 6.45) is 0. The minimum atomic E-state index is 0.443. The van der Waals surface area contributed by atoms with Crippen molar-refractivity contribution in [1.82, 2.24) is 5.32 Å². The van der Waals surface area contributed by atoms with Crippen LogP contribution in [0.3, 0.4) is 0 Å². The first-order valence-electron chi connectivity index (χ1n) is 6.91. The van der Waals surface area contributed by atoms with Gasteiger partial charge in [0.2, 0.25) is 0 Å². The molecule has 4 heteroatoms. The second-order valence-corrected chi connectivity index (χ2v) is 6.16. The van der Waals surface area contributed by atoms with Crippen LogP contribution < -0.4 is 10.1 Å². The topological polar surface area (TPSA) is 21.3 Å². The fourth-order valence-electron chi connectivity index (χ4n) is 1.86. The Morgan fingerprint density at radius 1 is 1.05 bits per heavy atom. The van der Waals surface area contributed by atoms with Gasteiger partial charge in [-0.2, -0.15) is 0 Å². The molecule has 2 aromatic rings. The Bertz CT molecular complexity index is 626. The number of hydrogen-bond acceptors (Lipinski definition) is 2. The average Bonchev–Trinajstić information content (AvgIpc) is 2.43. The summed E-state index contributed by atoms with van der Waals surface area (Å²) in [6.45, 7) is 7.06. The Hall–Kier alpha value is -1.22. The zero-order valence-corrected chi connectivity index (χ0v) is 13.9. The summed E-state index contributed by atoms with van der Waals surface area (Å²) >= 11 is 12.1. The Balaban J connectivity index is 2.22. The molecule has 0 aliphatic carbocycles. The number of hydrogen-bond donors (Lipinski definition) is 1. The largest absolute Gasteiger partial charge is 0.455 e. The molecule has 0 heterocycles. The zero-order chi connectivity index (χ0) is 15.4. The molecule has 2 rings (SSSR count). The van der Waals surface area contributed by atoms with Crippen molar-refractivity contribution >= 4 is 23.2 Å². The predicted molar refractivity (Wildman–Crippen MR) is 89.7 cm³/mol. The summed E-state index contributed by atoms with van der Waals surface area (Å²) in [7, 11) is 0. The molecule has 0 aromatic heterocycles. The molecular formula is C17H19Cl2NO. The maximum atomic E-state index is 6.14. The van der Waals surface area contributed by atoms with E-state index in [1.165, 1.54) is 5.56 Å². The quantitative estimate of drug-likeness (QED) is 0.774. The number of rotatable bonds is 5. The van der Waals surface area contributed by atoms with Crippen LogP contribution in [0.25, 0.3) is 0 Å². The summed E-state index contributed by atoms with van der Waals surface area (Å²) < 4.78 is 5.92. The van der Waals surface area contributed by atoms with Gasteiger partial charge in [-0.3, -0.25) is 0 Å². The van der Waals surface area contributed by atoms with Crippen molar-refractivity contribution in [3.8, 4) is 11.5 Å². The van der Waals surface area contributed by atoms with Gasteiger partial charge < -0.3 is 10.1 Å². The van der Waals surface area contributed by atoms with E-state index >= 15 is 0 Å². The van der Waals surface area contributed by atoms with Gasteiger partial charge in [-0.15, -0.1) is 0 Å². The van der Waals surface area contributed by atoms with Gasteiger partial charge in [0.25, 0.3) is 0 Å². The molecule has 0 aliphatic heterocycles. The Morgan fingerprint density at radius 2 is 1.81 bits per heavy atom. The number of halogens is 2. The molecule has 0 atom stereocenters. The van der Waals surface area contributed by atoms with Crippen LogP contribution in [0.4, 0.5) is 0 Å². The van der Waals surface area contributed by atoms with Crippen molar-refractivity contribution in [2.75, 3.05) is 0 Å². The SMILES string of the molecule is Cc1ccc(CNC(C)C)cc1Oc1cc(Cl)ccc1Cl. The van der Waals surface area contributed by atoms with E-state index in [2.05, 4.69) is 25.2 Å². The highest BCUT2D eigenvalue weighted by Crippen LogP contribution is 2.33. The Kier molecular flexibility index (Phi) is 5.51. The second-order valence-electron chi connectivity index (χ2n) is 5.31. The minimum Gasteiger partial charge on any atom is -0.455 e. The van der Waals surface area contributed by atoms with Crippen molar-refractivity contribution in [2.24, 2.45) is 0 Å². The monoisotopic (exact) mass is 323 g/mol. The van der Waals surface area contributed by atoms with Gasteiger partial charge in [0.05, 0.1) is 5.02 Å². The van der Waals surface area contributed by atoms with Crippen LogP contribution in [-0.4, -0.2) is 6.04 Å². The molecule has 0 saturated carbocycles. The molecule has 0 bridgehead atoms. The molecule has 21 heavy (non-hydrogen) atoms. The van der Waals surface area contributed by atoms with Crippen molar-refractivity contribution in [3.05, 3.63) is 57.6 Å². The number of benzene rings is 2. The van der Waals surface area contributed by atoms with Crippen molar-refractivity contribution in [2.45, 2.75) is 33.4 Å². The van der Waals surface area contributed by atoms with Crippen LogP contribution in [0.5, 0.6) is 11.5 Å². The average molecular weight is 324 g/mol. The van der Waals surface area contributed by atoms with E-state index in [9.17, 15) is 0 Å². The second kappa shape index (κ2) is 7.17. The normalized spacial score (nSPS) is 11.0. The van der Waals surface area contributed by atoms with Gasteiger partial charge in [0.1, 0.15) is 11.5 Å². The van der Waals surface area contributed by atoms with Crippen LogP contribution in [0.15, 0.2) is 36.4 Å². The van der Waals surface area contributed by atoms with E-state index < -0.39 is 0 Å². The van der Waals surface area contributed by atoms with E-state index in [0.29, 0.717) is 21.8 Å². The highest BCUT2D eigenvalue weighted by Gasteiger charge is 2.08. The molecule has 0 unspecified atom stereocenters. The fourth-order valence-corrected chi connectivity index (χ4v) is 2.18. The molecule has 0 radical (unpaired) electrons. The lowest BCUT2D eigenvalue weighted by Crippen LogP contribution is -2.21. The number of aryl methyl sites for hydroxylation is 1. The van der Waals surface area contributed by atoms with E-state index in [-0.39, 0.29) is 0 Å². The van der Waals surface area contributed by atoms with Gasteiger partial charge in [-0.05, 0) is 36.2 Å². The number of nitrogens with one attached hydrogen (secondary N) is 1. The highest BCUT2D eigenvalue weighted by molar-refractivity contribution is 6.34. The first kappa shape index (κ1) is 16.2. The summed E-state index contributed by atoms with van der Waals surface area (Å²) in [5.41, 5.74) is 2.22.